The Kier molecular flexibility index (Phi) is 6.86. The first kappa shape index (κ1) is 22.4. The average molecular weight is 459 g/mol. The maximum atomic E-state index is 12.9. The molecular formula is C23H30N4O4S. The minimum Gasteiger partial charge on any atom is -0.495 e. The molecule has 0 aromatic heterocycles. The predicted molar refractivity (Wildman–Crippen MR) is 128 cm³/mol. The van der Waals surface area contributed by atoms with Gasteiger partial charge in [-0.3, -0.25) is 14.1 Å². The highest BCUT2D eigenvalue weighted by molar-refractivity contribution is 7.97. The van der Waals surface area contributed by atoms with Crippen molar-refractivity contribution >= 4 is 29.4 Å². The number of hydrogen-bond donors (Lipinski definition) is 0. The van der Waals surface area contributed by atoms with Crippen molar-refractivity contribution in [1.29, 1.82) is 0 Å². The molecule has 32 heavy (non-hydrogen) atoms. The van der Waals surface area contributed by atoms with Crippen LogP contribution in [-0.2, 0) is 0 Å². The zero-order chi connectivity index (χ0) is 22.7. The van der Waals surface area contributed by atoms with Gasteiger partial charge in [-0.1, -0.05) is 12.1 Å². The van der Waals surface area contributed by atoms with Gasteiger partial charge in [0, 0.05) is 58.4 Å². The number of carbonyl (C=O) groups is 1. The summed E-state index contributed by atoms with van der Waals surface area (Å²) >= 11 is 1.46. The van der Waals surface area contributed by atoms with Gasteiger partial charge in [-0.25, -0.2) is 4.79 Å². The molecular weight excluding hydrogens is 428 g/mol. The number of fused-ring (bicyclic) bond motifs is 1. The summed E-state index contributed by atoms with van der Waals surface area (Å²) < 4.78 is 18.2. The molecule has 9 heteroatoms. The number of nitrogens with zero attached hydrogens (tertiary/aromatic N) is 4. The van der Waals surface area contributed by atoms with E-state index in [1.807, 2.05) is 34.6 Å². The first-order chi connectivity index (χ1) is 15.5. The highest BCUT2D eigenvalue weighted by Crippen LogP contribution is 2.44. The van der Waals surface area contributed by atoms with Gasteiger partial charge in [0.05, 0.1) is 37.6 Å². The van der Waals surface area contributed by atoms with Crippen LogP contribution >= 0.6 is 11.9 Å². The molecule has 0 radical (unpaired) electrons. The number of methoxy groups -OCH3 is 3. The van der Waals surface area contributed by atoms with Gasteiger partial charge in [0.15, 0.2) is 11.5 Å². The highest BCUT2D eigenvalue weighted by atomic mass is 32.2. The van der Waals surface area contributed by atoms with E-state index in [2.05, 4.69) is 15.9 Å². The van der Waals surface area contributed by atoms with Crippen molar-refractivity contribution in [2.75, 3.05) is 77.4 Å². The van der Waals surface area contributed by atoms with Gasteiger partial charge in [0.25, 0.3) is 0 Å². The van der Waals surface area contributed by atoms with Crippen LogP contribution in [-0.4, -0.2) is 82.9 Å². The third-order valence-corrected chi connectivity index (χ3v) is 7.04. The van der Waals surface area contributed by atoms with Crippen molar-refractivity contribution in [3.05, 3.63) is 36.4 Å². The van der Waals surface area contributed by atoms with Crippen LogP contribution in [0.5, 0.6) is 17.2 Å². The van der Waals surface area contributed by atoms with Gasteiger partial charge < -0.3 is 19.1 Å². The largest absolute Gasteiger partial charge is 0.495 e. The topological polar surface area (TPSA) is 57.7 Å². The minimum absolute atomic E-state index is 0.0256. The quantitative estimate of drug-likeness (QED) is 0.590. The lowest BCUT2D eigenvalue weighted by atomic mass is 10.2. The van der Waals surface area contributed by atoms with E-state index in [4.69, 9.17) is 14.2 Å². The zero-order valence-electron chi connectivity index (χ0n) is 19.0. The van der Waals surface area contributed by atoms with Crippen molar-refractivity contribution in [2.45, 2.75) is 4.90 Å². The Bertz CT molecular complexity index is 965. The third kappa shape index (κ3) is 4.40. The molecule has 2 heterocycles. The van der Waals surface area contributed by atoms with E-state index < -0.39 is 0 Å². The average Bonchev–Trinajstić information content (AvgIpc) is 2.84. The van der Waals surface area contributed by atoms with Crippen molar-refractivity contribution in [3.8, 4) is 17.2 Å². The van der Waals surface area contributed by atoms with Crippen molar-refractivity contribution in [2.24, 2.45) is 0 Å². The van der Waals surface area contributed by atoms with Crippen molar-refractivity contribution in [3.63, 3.8) is 0 Å². The Morgan fingerprint density at radius 2 is 1.50 bits per heavy atom. The van der Waals surface area contributed by atoms with Gasteiger partial charge in [-0.15, -0.1) is 0 Å². The number of benzene rings is 2. The number of hydrogen-bond acceptors (Lipinski definition) is 7. The van der Waals surface area contributed by atoms with Crippen LogP contribution in [0, 0.1) is 0 Å². The number of para-hydroxylation sites is 2. The number of ether oxygens (including phenoxy) is 3. The standard InChI is InChI=1S/C23H30N4O4S/c1-24-18-15-20(30-3)21(31-4)16-22(18)32-27(23(24)28)14-11-25-9-12-26(13-10-25)17-7-5-6-8-19(17)29-2/h5-8,15-16H,9-14H2,1-4H3. The van der Waals surface area contributed by atoms with E-state index in [1.54, 1.807) is 33.3 Å². The van der Waals surface area contributed by atoms with E-state index in [0.29, 0.717) is 18.0 Å². The maximum Gasteiger partial charge on any atom is 0.334 e. The maximum absolute atomic E-state index is 12.9. The molecule has 2 aliphatic rings. The molecule has 1 fully saturated rings. The number of amides is 2. The number of anilines is 2. The SMILES string of the molecule is COc1cc2c(cc1OC)N(C)C(=O)N(CCN1CCN(c3ccccc3OC)CC1)S2. The van der Waals surface area contributed by atoms with E-state index in [0.717, 1.165) is 54.7 Å². The summed E-state index contributed by atoms with van der Waals surface area (Å²) in [5.41, 5.74) is 1.97. The molecule has 0 spiro atoms. The smallest absolute Gasteiger partial charge is 0.334 e. The first-order valence-corrected chi connectivity index (χ1v) is 11.4. The molecule has 172 valence electrons. The second-order valence-electron chi connectivity index (χ2n) is 7.71. The molecule has 0 aliphatic carbocycles. The van der Waals surface area contributed by atoms with Crippen LogP contribution < -0.4 is 24.0 Å². The Balaban J connectivity index is 1.36. The highest BCUT2D eigenvalue weighted by Gasteiger charge is 2.31. The van der Waals surface area contributed by atoms with Crippen LogP contribution in [0.4, 0.5) is 16.2 Å². The molecule has 0 saturated carbocycles. The summed E-state index contributed by atoms with van der Waals surface area (Å²) in [5.74, 6) is 2.19. The molecule has 0 N–H and O–H groups in total. The molecule has 2 aliphatic heterocycles. The van der Waals surface area contributed by atoms with Crippen LogP contribution in [0.15, 0.2) is 41.3 Å². The lowest BCUT2D eigenvalue weighted by molar-refractivity contribution is 0.217. The second-order valence-corrected chi connectivity index (χ2v) is 8.77. The minimum atomic E-state index is -0.0256. The number of carbonyl (C=O) groups excluding carboxylic acids is 1. The van der Waals surface area contributed by atoms with Gasteiger partial charge >= 0.3 is 6.03 Å². The third-order valence-electron chi connectivity index (χ3n) is 5.95. The fourth-order valence-electron chi connectivity index (χ4n) is 4.09. The molecule has 8 nitrogen and oxygen atoms in total. The Labute approximate surface area is 193 Å². The first-order valence-electron chi connectivity index (χ1n) is 10.6. The number of rotatable bonds is 7. The van der Waals surface area contributed by atoms with Crippen molar-refractivity contribution in [1.82, 2.24) is 9.21 Å². The molecule has 2 aromatic rings. The van der Waals surface area contributed by atoms with Gasteiger partial charge in [0.2, 0.25) is 0 Å². The fraction of sp³-hybridized carbons (Fsp3) is 0.435. The molecule has 0 unspecified atom stereocenters. The molecule has 2 aromatic carbocycles. The number of piperazine rings is 1. The molecule has 4 rings (SSSR count). The van der Waals surface area contributed by atoms with E-state index in [1.165, 1.54) is 11.9 Å². The summed E-state index contributed by atoms with van der Waals surface area (Å²) in [5, 5.41) is 0. The molecule has 2 amide bonds. The van der Waals surface area contributed by atoms with E-state index in [9.17, 15) is 4.79 Å². The van der Waals surface area contributed by atoms with Crippen molar-refractivity contribution < 1.29 is 19.0 Å². The zero-order valence-corrected chi connectivity index (χ0v) is 19.9. The summed E-state index contributed by atoms with van der Waals surface area (Å²) in [6, 6.07) is 11.9. The predicted octanol–water partition coefficient (Wildman–Crippen LogP) is 3.41. The normalized spacial score (nSPS) is 16.8. The number of urea groups is 1. The van der Waals surface area contributed by atoms with Crippen LogP contribution in [0.1, 0.15) is 0 Å². The van der Waals surface area contributed by atoms with E-state index in [-0.39, 0.29) is 6.03 Å². The summed E-state index contributed by atoms with van der Waals surface area (Å²) in [6.45, 7) is 5.23. The summed E-state index contributed by atoms with van der Waals surface area (Å²) in [6.07, 6.45) is 0. The van der Waals surface area contributed by atoms with Gasteiger partial charge in [0.1, 0.15) is 5.75 Å². The molecule has 1 saturated heterocycles. The van der Waals surface area contributed by atoms with Crippen LogP contribution in [0.2, 0.25) is 0 Å². The molecule has 0 bridgehead atoms. The second kappa shape index (κ2) is 9.79. The Morgan fingerprint density at radius 1 is 0.844 bits per heavy atom. The lowest BCUT2D eigenvalue weighted by Gasteiger charge is -2.38. The fourth-order valence-corrected chi connectivity index (χ4v) is 5.15. The summed E-state index contributed by atoms with van der Waals surface area (Å²) in [7, 11) is 6.73. The monoisotopic (exact) mass is 458 g/mol. The van der Waals surface area contributed by atoms with Gasteiger partial charge in [-0.2, -0.15) is 0 Å². The Morgan fingerprint density at radius 3 is 2.19 bits per heavy atom. The van der Waals surface area contributed by atoms with Gasteiger partial charge in [-0.05, 0) is 24.1 Å². The summed E-state index contributed by atoms with van der Waals surface area (Å²) in [4.78, 5) is 20.4. The Hall–Kier alpha value is -2.78. The van der Waals surface area contributed by atoms with E-state index >= 15 is 0 Å². The van der Waals surface area contributed by atoms with Crippen LogP contribution in [0.3, 0.4) is 0 Å². The van der Waals surface area contributed by atoms with Crippen LogP contribution in [0.25, 0.3) is 0 Å². The lowest BCUT2D eigenvalue weighted by Crippen LogP contribution is -2.49. The molecule has 0 atom stereocenters.